The standard InChI is InChI=1S/C17H30N6/c1-5-17(6-2)8-14(17)22(4)9-12-7-15(21-16(18)20-12)23-10-13(11-23)19-3/h7,13-14,19H,5-6,8-11H2,1-4H3,(H2,18,20,21). The van der Waals surface area contributed by atoms with E-state index in [0.29, 0.717) is 23.4 Å². The molecule has 3 rings (SSSR count). The summed E-state index contributed by atoms with van der Waals surface area (Å²) in [6.45, 7) is 7.43. The molecule has 6 nitrogen and oxygen atoms in total. The van der Waals surface area contributed by atoms with Crippen LogP contribution in [0, 0.1) is 5.41 Å². The minimum atomic E-state index is 0.381. The van der Waals surface area contributed by atoms with Crippen LogP contribution in [0.4, 0.5) is 11.8 Å². The second-order valence-electron chi connectivity index (χ2n) is 7.17. The molecule has 1 aliphatic carbocycles. The minimum absolute atomic E-state index is 0.381. The Hall–Kier alpha value is -1.40. The number of hydrogen-bond donors (Lipinski definition) is 2. The molecule has 3 N–H and O–H groups in total. The number of likely N-dealkylation sites (N-methyl/N-ethyl adjacent to an activating group) is 1. The quantitative estimate of drug-likeness (QED) is 0.793. The molecule has 1 aromatic rings. The molecule has 0 radical (unpaired) electrons. The lowest BCUT2D eigenvalue weighted by atomic mass is 9.99. The maximum Gasteiger partial charge on any atom is 0.222 e. The first-order valence-corrected chi connectivity index (χ1v) is 8.77. The largest absolute Gasteiger partial charge is 0.368 e. The molecule has 1 saturated heterocycles. The smallest absolute Gasteiger partial charge is 0.222 e. The van der Waals surface area contributed by atoms with Gasteiger partial charge in [0.15, 0.2) is 0 Å². The highest BCUT2D eigenvalue weighted by Gasteiger charge is 2.52. The van der Waals surface area contributed by atoms with Gasteiger partial charge >= 0.3 is 0 Å². The topological polar surface area (TPSA) is 70.3 Å². The summed E-state index contributed by atoms with van der Waals surface area (Å²) >= 11 is 0. The highest BCUT2D eigenvalue weighted by Crippen LogP contribution is 2.54. The van der Waals surface area contributed by atoms with Crippen molar-refractivity contribution in [3.05, 3.63) is 11.8 Å². The average molecular weight is 318 g/mol. The van der Waals surface area contributed by atoms with Crippen molar-refractivity contribution in [1.82, 2.24) is 20.2 Å². The summed E-state index contributed by atoms with van der Waals surface area (Å²) in [5.74, 6) is 1.34. The van der Waals surface area contributed by atoms with E-state index < -0.39 is 0 Å². The molecule has 6 heteroatoms. The Morgan fingerprint density at radius 2 is 2.04 bits per heavy atom. The summed E-state index contributed by atoms with van der Waals surface area (Å²) in [6.07, 6.45) is 3.82. The van der Waals surface area contributed by atoms with Gasteiger partial charge in [-0.2, -0.15) is 4.98 Å². The molecular weight excluding hydrogens is 288 g/mol. The lowest BCUT2D eigenvalue weighted by Crippen LogP contribution is -2.57. The monoisotopic (exact) mass is 318 g/mol. The Balaban J connectivity index is 1.65. The van der Waals surface area contributed by atoms with E-state index in [2.05, 4.69) is 52.0 Å². The first-order chi connectivity index (χ1) is 11.0. The number of nitrogens with zero attached hydrogens (tertiary/aromatic N) is 4. The molecular formula is C17H30N6. The fourth-order valence-electron chi connectivity index (χ4n) is 3.92. The van der Waals surface area contributed by atoms with Crippen LogP contribution in [0.5, 0.6) is 0 Å². The normalized spacial score (nSPS) is 23.2. The van der Waals surface area contributed by atoms with Gasteiger partial charge in [0.05, 0.1) is 5.69 Å². The SMILES string of the molecule is CCC1(CC)CC1N(C)Cc1cc(N2CC(NC)C2)nc(N)n1. The van der Waals surface area contributed by atoms with Crippen molar-refractivity contribution in [1.29, 1.82) is 0 Å². The van der Waals surface area contributed by atoms with E-state index in [9.17, 15) is 0 Å². The van der Waals surface area contributed by atoms with Crippen LogP contribution in [0.2, 0.25) is 0 Å². The van der Waals surface area contributed by atoms with Crippen LogP contribution in [-0.2, 0) is 6.54 Å². The van der Waals surface area contributed by atoms with Gasteiger partial charge in [-0.3, -0.25) is 4.90 Å². The maximum absolute atomic E-state index is 5.93. The molecule has 1 saturated carbocycles. The van der Waals surface area contributed by atoms with E-state index in [1.165, 1.54) is 19.3 Å². The lowest BCUT2D eigenvalue weighted by molar-refractivity contribution is 0.253. The van der Waals surface area contributed by atoms with Crippen molar-refractivity contribution in [3.8, 4) is 0 Å². The van der Waals surface area contributed by atoms with Crippen LogP contribution >= 0.6 is 0 Å². The Kier molecular flexibility index (Phi) is 4.47. The minimum Gasteiger partial charge on any atom is -0.368 e. The number of anilines is 2. The van der Waals surface area contributed by atoms with E-state index in [0.717, 1.165) is 31.1 Å². The third kappa shape index (κ3) is 3.15. The predicted octanol–water partition coefficient (Wildman–Crippen LogP) is 1.48. The van der Waals surface area contributed by atoms with Gasteiger partial charge in [-0.1, -0.05) is 13.8 Å². The fraction of sp³-hybridized carbons (Fsp3) is 0.765. The summed E-state index contributed by atoms with van der Waals surface area (Å²) in [5, 5.41) is 3.28. The first-order valence-electron chi connectivity index (χ1n) is 8.77. The van der Waals surface area contributed by atoms with E-state index in [-0.39, 0.29) is 0 Å². The zero-order valence-corrected chi connectivity index (χ0v) is 14.8. The van der Waals surface area contributed by atoms with Gasteiger partial charge in [-0.15, -0.1) is 0 Å². The number of aromatic nitrogens is 2. The second kappa shape index (κ2) is 6.24. The molecule has 1 unspecified atom stereocenters. The summed E-state index contributed by atoms with van der Waals surface area (Å²) in [4.78, 5) is 13.5. The Bertz CT molecular complexity index is 550. The molecule has 128 valence electrons. The van der Waals surface area contributed by atoms with Gasteiger partial charge in [0.2, 0.25) is 5.95 Å². The van der Waals surface area contributed by atoms with Crippen LogP contribution in [-0.4, -0.2) is 54.1 Å². The van der Waals surface area contributed by atoms with Gasteiger partial charge < -0.3 is 16.0 Å². The highest BCUT2D eigenvalue weighted by atomic mass is 15.3. The van der Waals surface area contributed by atoms with Crippen LogP contribution in [0.1, 0.15) is 38.8 Å². The third-order valence-corrected chi connectivity index (χ3v) is 5.90. The van der Waals surface area contributed by atoms with Gasteiger partial charge in [0.25, 0.3) is 0 Å². The molecule has 0 bridgehead atoms. The van der Waals surface area contributed by atoms with Crippen molar-refractivity contribution < 1.29 is 0 Å². The molecule has 1 aromatic heterocycles. The molecule has 23 heavy (non-hydrogen) atoms. The van der Waals surface area contributed by atoms with E-state index >= 15 is 0 Å². The predicted molar refractivity (Wildman–Crippen MR) is 94.4 cm³/mol. The zero-order valence-electron chi connectivity index (χ0n) is 14.8. The Morgan fingerprint density at radius 1 is 1.35 bits per heavy atom. The number of nitrogen functional groups attached to an aromatic ring is 1. The lowest BCUT2D eigenvalue weighted by Gasteiger charge is -2.40. The maximum atomic E-state index is 5.93. The molecule has 1 atom stereocenters. The van der Waals surface area contributed by atoms with Gasteiger partial charge in [0.1, 0.15) is 5.82 Å². The molecule has 0 aromatic carbocycles. The first kappa shape index (κ1) is 16.5. The molecule has 0 amide bonds. The van der Waals surface area contributed by atoms with Crippen LogP contribution in [0.3, 0.4) is 0 Å². The summed E-state index contributed by atoms with van der Waals surface area (Å²) < 4.78 is 0. The Labute approximate surface area is 139 Å². The second-order valence-corrected chi connectivity index (χ2v) is 7.17. The van der Waals surface area contributed by atoms with Crippen molar-refractivity contribution in [2.24, 2.45) is 5.41 Å². The van der Waals surface area contributed by atoms with Crippen molar-refractivity contribution in [3.63, 3.8) is 0 Å². The molecule has 2 heterocycles. The highest BCUT2D eigenvalue weighted by molar-refractivity contribution is 5.46. The molecule has 1 aliphatic heterocycles. The average Bonchev–Trinajstić information content (AvgIpc) is 3.21. The van der Waals surface area contributed by atoms with Crippen LogP contribution in [0.25, 0.3) is 0 Å². The third-order valence-electron chi connectivity index (χ3n) is 5.90. The van der Waals surface area contributed by atoms with Gasteiger partial charge in [-0.05, 0) is 38.8 Å². The van der Waals surface area contributed by atoms with Crippen molar-refractivity contribution in [2.75, 3.05) is 37.8 Å². The fourth-order valence-corrected chi connectivity index (χ4v) is 3.92. The van der Waals surface area contributed by atoms with Crippen molar-refractivity contribution >= 4 is 11.8 Å². The van der Waals surface area contributed by atoms with Crippen LogP contribution in [0.15, 0.2) is 6.07 Å². The van der Waals surface area contributed by atoms with E-state index in [1.807, 2.05) is 7.05 Å². The van der Waals surface area contributed by atoms with E-state index in [1.54, 1.807) is 0 Å². The van der Waals surface area contributed by atoms with Crippen LogP contribution < -0.4 is 16.0 Å². The summed E-state index contributed by atoms with van der Waals surface area (Å²) in [5.41, 5.74) is 7.48. The van der Waals surface area contributed by atoms with E-state index in [4.69, 9.17) is 5.73 Å². The number of rotatable bonds is 7. The van der Waals surface area contributed by atoms with Crippen molar-refractivity contribution in [2.45, 2.75) is 51.7 Å². The molecule has 2 aliphatic rings. The Morgan fingerprint density at radius 3 is 2.61 bits per heavy atom. The number of nitrogens with two attached hydrogens (primary N) is 1. The summed E-state index contributed by atoms with van der Waals surface area (Å²) in [6, 6.07) is 3.33. The summed E-state index contributed by atoms with van der Waals surface area (Å²) in [7, 11) is 4.20. The van der Waals surface area contributed by atoms with Gasteiger partial charge in [-0.25, -0.2) is 4.98 Å². The zero-order chi connectivity index (χ0) is 16.6. The number of hydrogen-bond acceptors (Lipinski definition) is 6. The number of nitrogens with one attached hydrogen (secondary N) is 1. The molecule has 2 fully saturated rings. The van der Waals surface area contributed by atoms with Gasteiger partial charge in [0, 0.05) is 37.8 Å². The molecule has 0 spiro atoms.